The molecule has 2 unspecified atom stereocenters. The summed E-state index contributed by atoms with van der Waals surface area (Å²) in [5, 5.41) is 18.1. The van der Waals surface area contributed by atoms with E-state index in [0.29, 0.717) is 65.9 Å². The molecule has 3 aromatic rings. The van der Waals surface area contributed by atoms with Gasteiger partial charge in [0.15, 0.2) is 0 Å². The number of urea groups is 1. The Morgan fingerprint density at radius 3 is 2.17 bits per heavy atom. The van der Waals surface area contributed by atoms with Gasteiger partial charge in [-0.2, -0.15) is 4.98 Å². The fraction of sp³-hybridized carbons (Fsp3) is 0.457. The van der Waals surface area contributed by atoms with Gasteiger partial charge in [0, 0.05) is 48.7 Å². The summed E-state index contributed by atoms with van der Waals surface area (Å²) in [5.41, 5.74) is 1.22. The first kappa shape index (κ1) is 33.2. The van der Waals surface area contributed by atoms with Crippen molar-refractivity contribution in [2.45, 2.75) is 70.9 Å². The Balaban J connectivity index is 1.21. The van der Waals surface area contributed by atoms with Gasteiger partial charge in [-0.15, -0.1) is 0 Å². The van der Waals surface area contributed by atoms with E-state index in [-0.39, 0.29) is 36.4 Å². The number of hydrogen-bond donors (Lipinski definition) is 4. The van der Waals surface area contributed by atoms with Crippen LogP contribution in [0.3, 0.4) is 0 Å². The maximum absolute atomic E-state index is 13.9. The lowest BCUT2D eigenvalue weighted by molar-refractivity contribution is 0.0297. The maximum atomic E-state index is 13.9. The Bertz CT molecular complexity index is 1680. The zero-order chi connectivity index (χ0) is 34.2. The van der Waals surface area contributed by atoms with E-state index in [4.69, 9.17) is 19.4 Å². The first-order chi connectivity index (χ1) is 22.8. The Morgan fingerprint density at radius 2 is 1.58 bits per heavy atom. The summed E-state index contributed by atoms with van der Waals surface area (Å²) in [5.74, 6) is 0.253. The second kappa shape index (κ2) is 13.0. The number of aliphatic hydroxyl groups is 1. The van der Waals surface area contributed by atoms with Gasteiger partial charge in [0.1, 0.15) is 11.2 Å². The second-order valence-corrected chi connectivity index (χ2v) is 13.8. The molecule has 0 saturated carbocycles. The van der Waals surface area contributed by atoms with Gasteiger partial charge in [0.05, 0.1) is 30.0 Å². The molecule has 254 valence electrons. The van der Waals surface area contributed by atoms with Crippen molar-refractivity contribution in [2.24, 2.45) is 0 Å². The summed E-state index contributed by atoms with van der Waals surface area (Å²) in [6.07, 6.45) is 2.26. The molecule has 4 heterocycles. The van der Waals surface area contributed by atoms with Crippen molar-refractivity contribution >= 4 is 35.2 Å². The van der Waals surface area contributed by atoms with E-state index >= 15 is 0 Å². The molecule has 1 aromatic heterocycles. The van der Waals surface area contributed by atoms with E-state index in [1.54, 1.807) is 55.1 Å². The fourth-order valence-corrected chi connectivity index (χ4v) is 6.17. The highest BCUT2D eigenvalue weighted by atomic mass is 16.5. The van der Waals surface area contributed by atoms with Crippen molar-refractivity contribution in [3.63, 3.8) is 0 Å². The number of likely N-dealkylation sites (N-methyl/N-ethyl adjacent to an activating group) is 1. The number of anilines is 3. The van der Waals surface area contributed by atoms with Crippen molar-refractivity contribution in [1.29, 1.82) is 0 Å². The smallest absolute Gasteiger partial charge is 0.323 e. The molecule has 13 nitrogen and oxygen atoms in total. The predicted molar refractivity (Wildman–Crippen MR) is 182 cm³/mol. The third kappa shape index (κ3) is 7.52. The normalized spacial score (nSPS) is 20.0. The zero-order valence-corrected chi connectivity index (χ0v) is 28.0. The number of morpholine rings is 1. The van der Waals surface area contributed by atoms with E-state index in [1.807, 2.05) is 32.9 Å². The molecule has 2 atom stereocenters. The summed E-state index contributed by atoms with van der Waals surface area (Å²) in [7, 11) is 0. The molecule has 4 N–H and O–H groups in total. The van der Waals surface area contributed by atoms with E-state index in [9.17, 15) is 19.5 Å². The molecule has 4 amide bonds. The van der Waals surface area contributed by atoms with Crippen LogP contribution < -0.4 is 25.6 Å². The number of amides is 4. The molecular formula is C35H43N7O6. The highest BCUT2D eigenvalue weighted by Crippen LogP contribution is 2.37. The molecular weight excluding hydrogens is 614 g/mol. The molecule has 13 heteroatoms. The quantitative estimate of drug-likeness (QED) is 0.277. The van der Waals surface area contributed by atoms with E-state index in [1.165, 1.54) is 0 Å². The fourth-order valence-electron chi connectivity index (χ4n) is 6.17. The minimum Gasteiger partial charge on any atom is -0.469 e. The highest BCUT2D eigenvalue weighted by molar-refractivity contribution is 6.03. The maximum Gasteiger partial charge on any atom is 0.323 e. The minimum atomic E-state index is -1.02. The SMILES string of the molecule is CCN1CC(C)(C)Oc2nc(N3CC4CCC(C3)O4)nc(-c3ccc(NC(=O)Nc4ccc(C(=O)NCC(C)(C)O)cc4)cc3)c2C1=O. The van der Waals surface area contributed by atoms with E-state index in [0.717, 1.165) is 12.8 Å². The molecule has 0 radical (unpaired) electrons. The van der Waals surface area contributed by atoms with Crippen molar-refractivity contribution in [3.8, 4) is 17.1 Å². The van der Waals surface area contributed by atoms with Gasteiger partial charge in [-0.1, -0.05) is 12.1 Å². The Labute approximate surface area is 280 Å². The number of fused-ring (bicyclic) bond motifs is 3. The van der Waals surface area contributed by atoms with Gasteiger partial charge in [-0.3, -0.25) is 9.59 Å². The third-order valence-electron chi connectivity index (χ3n) is 8.52. The van der Waals surface area contributed by atoms with Crippen LogP contribution in [0.2, 0.25) is 0 Å². The number of carbonyl (C=O) groups excluding carboxylic acids is 3. The van der Waals surface area contributed by atoms with Gasteiger partial charge < -0.3 is 40.3 Å². The number of nitrogens with one attached hydrogen (secondary N) is 3. The number of aromatic nitrogens is 2. The van der Waals surface area contributed by atoms with Crippen LogP contribution in [-0.4, -0.2) is 94.0 Å². The van der Waals surface area contributed by atoms with Crippen molar-refractivity contribution < 1.29 is 29.0 Å². The predicted octanol–water partition coefficient (Wildman–Crippen LogP) is 4.29. The van der Waals surface area contributed by atoms with Crippen LogP contribution in [0.5, 0.6) is 5.88 Å². The van der Waals surface area contributed by atoms with Crippen LogP contribution in [0.25, 0.3) is 11.3 Å². The average Bonchev–Trinajstić information content (AvgIpc) is 3.33. The summed E-state index contributed by atoms with van der Waals surface area (Å²) in [4.78, 5) is 52.7. The Morgan fingerprint density at radius 1 is 0.979 bits per heavy atom. The van der Waals surface area contributed by atoms with Gasteiger partial charge >= 0.3 is 6.03 Å². The van der Waals surface area contributed by atoms with Crippen LogP contribution in [0.4, 0.5) is 22.1 Å². The molecule has 6 rings (SSSR count). The molecule has 0 aliphatic carbocycles. The molecule has 2 saturated heterocycles. The van der Waals surface area contributed by atoms with E-state index < -0.39 is 17.2 Å². The van der Waals surface area contributed by atoms with Crippen LogP contribution in [-0.2, 0) is 4.74 Å². The van der Waals surface area contributed by atoms with Crippen LogP contribution in [0, 0.1) is 0 Å². The summed E-state index contributed by atoms with van der Waals surface area (Å²) in [6.45, 7) is 11.4. The lowest BCUT2D eigenvalue weighted by atomic mass is 10.0. The summed E-state index contributed by atoms with van der Waals surface area (Å²) in [6, 6.07) is 13.1. The number of rotatable bonds is 8. The molecule has 2 bridgehead atoms. The number of benzene rings is 2. The lowest BCUT2D eigenvalue weighted by Gasteiger charge is -2.33. The van der Waals surface area contributed by atoms with Crippen molar-refractivity contribution in [1.82, 2.24) is 20.2 Å². The van der Waals surface area contributed by atoms with Gasteiger partial charge in [-0.05, 0) is 83.9 Å². The molecule has 3 aliphatic heterocycles. The van der Waals surface area contributed by atoms with Crippen molar-refractivity contribution in [2.75, 3.05) is 48.3 Å². The van der Waals surface area contributed by atoms with Gasteiger partial charge in [-0.25, -0.2) is 9.78 Å². The Kier molecular flexibility index (Phi) is 9.01. The first-order valence-corrected chi connectivity index (χ1v) is 16.4. The average molecular weight is 658 g/mol. The Hall–Kier alpha value is -4.75. The van der Waals surface area contributed by atoms with Crippen molar-refractivity contribution in [3.05, 3.63) is 59.7 Å². The van der Waals surface area contributed by atoms with Crippen LogP contribution >= 0.6 is 0 Å². The molecule has 0 spiro atoms. The monoisotopic (exact) mass is 657 g/mol. The molecule has 3 aliphatic rings. The first-order valence-electron chi connectivity index (χ1n) is 16.4. The summed E-state index contributed by atoms with van der Waals surface area (Å²) >= 11 is 0. The number of carbonyl (C=O) groups is 3. The number of ether oxygens (including phenoxy) is 2. The number of hydrogen-bond acceptors (Lipinski definition) is 9. The van der Waals surface area contributed by atoms with Crippen LogP contribution in [0.1, 0.15) is 68.2 Å². The zero-order valence-electron chi connectivity index (χ0n) is 28.0. The molecule has 48 heavy (non-hydrogen) atoms. The second-order valence-electron chi connectivity index (χ2n) is 13.8. The summed E-state index contributed by atoms with van der Waals surface area (Å²) < 4.78 is 12.5. The number of nitrogens with zero attached hydrogens (tertiary/aromatic N) is 4. The molecule has 2 aromatic carbocycles. The molecule has 2 fully saturated rings. The highest BCUT2D eigenvalue weighted by Gasteiger charge is 2.39. The van der Waals surface area contributed by atoms with Gasteiger partial charge in [0.2, 0.25) is 11.8 Å². The van der Waals surface area contributed by atoms with Gasteiger partial charge in [0.25, 0.3) is 11.8 Å². The minimum absolute atomic E-state index is 0.113. The lowest BCUT2D eigenvalue weighted by Crippen LogP contribution is -2.43. The third-order valence-corrected chi connectivity index (χ3v) is 8.52. The topological polar surface area (TPSA) is 158 Å². The standard InChI is InChI=1S/C35H43N7O6/c1-6-41-20-35(4,5)48-30-27(31(41)44)28(39-32(40-30)42-17-25-15-16-26(18-42)47-25)21-7-11-23(12-8-21)37-33(45)38-24-13-9-22(10-14-24)29(43)36-19-34(2,3)46/h7-14,25-26,46H,6,15-20H2,1-5H3,(H,36,43)(H2,37,38,45). The largest absolute Gasteiger partial charge is 0.469 e. The van der Waals surface area contributed by atoms with Crippen LogP contribution in [0.15, 0.2) is 48.5 Å². The van der Waals surface area contributed by atoms with E-state index in [2.05, 4.69) is 20.9 Å².